The van der Waals surface area contributed by atoms with Gasteiger partial charge in [-0.15, -0.1) is 0 Å². The number of rotatable bonds is 4. The summed E-state index contributed by atoms with van der Waals surface area (Å²) < 4.78 is 8.09. The van der Waals surface area contributed by atoms with Gasteiger partial charge >= 0.3 is 0 Å². The number of ether oxygens (including phenoxy) is 1. The predicted molar refractivity (Wildman–Crippen MR) is 106 cm³/mol. The molecule has 3 heterocycles. The van der Waals surface area contributed by atoms with Gasteiger partial charge in [0.1, 0.15) is 0 Å². The molecule has 1 aromatic carbocycles. The molecule has 4 heteroatoms. The van der Waals surface area contributed by atoms with Gasteiger partial charge in [-0.2, -0.15) is 0 Å². The number of aliphatic hydroxyl groups is 1. The third-order valence-corrected chi connectivity index (χ3v) is 7.12. The lowest BCUT2D eigenvalue weighted by Gasteiger charge is -2.47. The van der Waals surface area contributed by atoms with Crippen LogP contribution in [0.25, 0.3) is 11.1 Å². The van der Waals surface area contributed by atoms with Crippen molar-refractivity contribution in [3.63, 3.8) is 0 Å². The summed E-state index contributed by atoms with van der Waals surface area (Å²) in [6.07, 6.45) is 9.91. The van der Waals surface area contributed by atoms with Gasteiger partial charge in [0.15, 0.2) is 0 Å². The molecule has 1 spiro atoms. The second kappa shape index (κ2) is 6.61. The molecule has 1 aromatic heterocycles. The number of hydrogen-bond acceptors (Lipinski definition) is 3. The van der Waals surface area contributed by atoms with Gasteiger partial charge in [-0.3, -0.25) is 0 Å². The van der Waals surface area contributed by atoms with Gasteiger partial charge < -0.3 is 14.4 Å². The van der Waals surface area contributed by atoms with Crippen molar-refractivity contribution in [3.05, 3.63) is 54.1 Å². The molecule has 1 saturated carbocycles. The number of allylic oxidation sites excluding steroid dienone is 2. The number of hydrogen-bond donors (Lipinski definition) is 1. The lowest BCUT2D eigenvalue weighted by Crippen LogP contribution is -2.47. The zero-order chi connectivity index (χ0) is 18.4. The summed E-state index contributed by atoms with van der Waals surface area (Å²) in [6.45, 7) is 3.10. The van der Waals surface area contributed by atoms with Crippen LogP contribution >= 0.6 is 0 Å². The SMILES string of the molecule is CC1=C(c2ccccc2)C(CC(O)C2CCC3(CCO3)CC2)n2cncc21. The zero-order valence-corrected chi connectivity index (χ0v) is 16.0. The van der Waals surface area contributed by atoms with E-state index in [0.717, 1.165) is 38.7 Å². The number of aromatic nitrogens is 2. The Morgan fingerprint density at radius 3 is 2.63 bits per heavy atom. The maximum Gasteiger partial charge on any atom is 0.0956 e. The Bertz CT molecular complexity index is 840. The van der Waals surface area contributed by atoms with Crippen molar-refractivity contribution in [2.24, 2.45) is 5.92 Å². The van der Waals surface area contributed by atoms with Crippen LogP contribution in [0.1, 0.15) is 62.7 Å². The van der Waals surface area contributed by atoms with Crippen molar-refractivity contribution in [3.8, 4) is 0 Å². The summed E-state index contributed by atoms with van der Waals surface area (Å²) in [4.78, 5) is 4.36. The van der Waals surface area contributed by atoms with Gasteiger partial charge in [0.2, 0.25) is 0 Å². The molecule has 2 unspecified atom stereocenters. The van der Waals surface area contributed by atoms with Crippen LogP contribution in [0.4, 0.5) is 0 Å². The Labute approximate surface area is 160 Å². The van der Waals surface area contributed by atoms with Crippen molar-refractivity contribution < 1.29 is 9.84 Å². The minimum Gasteiger partial charge on any atom is -0.393 e. The lowest BCUT2D eigenvalue weighted by molar-refractivity contribution is -0.174. The largest absolute Gasteiger partial charge is 0.393 e. The molecule has 5 rings (SSSR count). The fourth-order valence-corrected chi connectivity index (χ4v) is 5.39. The van der Waals surface area contributed by atoms with Gasteiger partial charge in [0, 0.05) is 0 Å². The van der Waals surface area contributed by atoms with Gasteiger partial charge in [-0.1, -0.05) is 30.3 Å². The number of imidazole rings is 1. The van der Waals surface area contributed by atoms with E-state index in [1.165, 1.54) is 28.8 Å². The Kier molecular flexibility index (Phi) is 4.21. The molecule has 2 atom stereocenters. The maximum atomic E-state index is 11.1. The topological polar surface area (TPSA) is 47.3 Å². The third kappa shape index (κ3) is 2.86. The Morgan fingerprint density at radius 1 is 1.22 bits per heavy atom. The summed E-state index contributed by atoms with van der Waals surface area (Å²) in [6, 6.07) is 10.8. The molecular formula is C23H28N2O2. The minimum absolute atomic E-state index is 0.160. The van der Waals surface area contributed by atoms with Gasteiger partial charge in [-0.25, -0.2) is 4.98 Å². The Hall–Kier alpha value is -1.91. The Balaban J connectivity index is 1.37. The van der Waals surface area contributed by atoms with Crippen LogP contribution in [-0.2, 0) is 4.74 Å². The van der Waals surface area contributed by atoms with E-state index < -0.39 is 0 Å². The number of nitrogens with zero attached hydrogens (tertiary/aromatic N) is 2. The van der Waals surface area contributed by atoms with E-state index in [2.05, 4.69) is 46.8 Å². The first-order valence-corrected chi connectivity index (χ1v) is 10.3. The van der Waals surface area contributed by atoms with Crippen molar-refractivity contribution in [2.45, 2.75) is 63.2 Å². The molecule has 142 valence electrons. The number of fused-ring (bicyclic) bond motifs is 1. The smallest absolute Gasteiger partial charge is 0.0956 e. The summed E-state index contributed by atoms with van der Waals surface area (Å²) >= 11 is 0. The van der Waals surface area contributed by atoms with Crippen LogP contribution in [0, 0.1) is 5.92 Å². The van der Waals surface area contributed by atoms with Crippen LogP contribution < -0.4 is 0 Å². The molecule has 2 fully saturated rings. The molecule has 0 bridgehead atoms. The molecule has 27 heavy (non-hydrogen) atoms. The van der Waals surface area contributed by atoms with Crippen LogP contribution in [0.3, 0.4) is 0 Å². The van der Waals surface area contributed by atoms with Crippen molar-refractivity contribution >= 4 is 11.1 Å². The highest BCUT2D eigenvalue weighted by Crippen LogP contribution is 2.47. The fraction of sp³-hybridized carbons (Fsp3) is 0.522. The molecule has 1 N–H and O–H groups in total. The van der Waals surface area contributed by atoms with E-state index in [0.29, 0.717) is 5.92 Å². The molecule has 1 aliphatic carbocycles. The first kappa shape index (κ1) is 17.2. The lowest BCUT2D eigenvalue weighted by atomic mass is 9.72. The first-order valence-electron chi connectivity index (χ1n) is 10.3. The monoisotopic (exact) mass is 364 g/mol. The van der Waals surface area contributed by atoms with Gasteiger partial charge in [0.05, 0.1) is 42.6 Å². The Morgan fingerprint density at radius 2 is 1.96 bits per heavy atom. The molecule has 1 saturated heterocycles. The summed E-state index contributed by atoms with van der Waals surface area (Å²) in [5.74, 6) is 0.379. The van der Waals surface area contributed by atoms with E-state index in [-0.39, 0.29) is 17.7 Å². The van der Waals surface area contributed by atoms with E-state index >= 15 is 0 Å². The van der Waals surface area contributed by atoms with Gasteiger partial charge in [0.25, 0.3) is 0 Å². The summed E-state index contributed by atoms with van der Waals surface area (Å²) in [5.41, 5.74) is 5.20. The highest BCUT2D eigenvalue weighted by atomic mass is 16.5. The quantitative estimate of drug-likeness (QED) is 0.871. The molecule has 2 aromatic rings. The van der Waals surface area contributed by atoms with E-state index in [1.54, 1.807) is 0 Å². The molecule has 3 aliphatic rings. The fourth-order valence-electron chi connectivity index (χ4n) is 5.39. The van der Waals surface area contributed by atoms with E-state index in [9.17, 15) is 5.11 Å². The highest BCUT2D eigenvalue weighted by Gasteiger charge is 2.43. The normalized spacial score (nSPS) is 31.0. The molecule has 2 aliphatic heterocycles. The van der Waals surface area contributed by atoms with Crippen LogP contribution in [0.15, 0.2) is 42.9 Å². The van der Waals surface area contributed by atoms with Crippen molar-refractivity contribution in [1.29, 1.82) is 0 Å². The molecule has 0 radical (unpaired) electrons. The second-order valence-electron chi connectivity index (χ2n) is 8.53. The molecular weight excluding hydrogens is 336 g/mol. The average molecular weight is 364 g/mol. The number of aliphatic hydroxyl groups excluding tert-OH is 1. The molecule has 0 amide bonds. The first-order chi connectivity index (χ1) is 13.2. The van der Waals surface area contributed by atoms with Crippen molar-refractivity contribution in [1.82, 2.24) is 9.55 Å². The summed E-state index contributed by atoms with van der Waals surface area (Å²) in [5, 5.41) is 11.1. The summed E-state index contributed by atoms with van der Waals surface area (Å²) in [7, 11) is 0. The highest BCUT2D eigenvalue weighted by molar-refractivity contribution is 5.93. The van der Waals surface area contributed by atoms with Crippen molar-refractivity contribution in [2.75, 3.05) is 6.61 Å². The average Bonchev–Trinajstić information content (AvgIpc) is 3.25. The van der Waals surface area contributed by atoms with Crippen LogP contribution in [0.5, 0.6) is 0 Å². The van der Waals surface area contributed by atoms with Crippen LogP contribution in [0.2, 0.25) is 0 Å². The van der Waals surface area contributed by atoms with E-state index in [1.807, 2.05) is 12.5 Å². The number of benzene rings is 1. The standard InChI is InChI=1S/C23H28N2O2/c1-16-20-14-24-15-25(20)19(22(16)18-5-3-2-4-6-18)13-21(26)17-7-9-23(10-8-17)11-12-27-23/h2-6,14-15,17,19,21,26H,7-13H2,1H3. The predicted octanol–water partition coefficient (Wildman–Crippen LogP) is 4.47. The van der Waals surface area contributed by atoms with Gasteiger partial charge in [-0.05, 0) is 68.1 Å². The third-order valence-electron chi connectivity index (χ3n) is 7.12. The van der Waals surface area contributed by atoms with E-state index in [4.69, 9.17) is 4.74 Å². The second-order valence-corrected chi connectivity index (χ2v) is 8.53. The maximum absolute atomic E-state index is 11.1. The zero-order valence-electron chi connectivity index (χ0n) is 16.0. The van der Waals surface area contributed by atoms with Crippen LogP contribution in [-0.4, -0.2) is 33.0 Å². The molecule has 4 nitrogen and oxygen atoms in total. The minimum atomic E-state index is -0.285.